The molecule has 1 aromatic rings. The van der Waals surface area contributed by atoms with Gasteiger partial charge in [0.15, 0.2) is 0 Å². The first-order chi connectivity index (χ1) is 12.5. The highest BCUT2D eigenvalue weighted by atomic mass is 16.4. The molecule has 3 amide bonds. The van der Waals surface area contributed by atoms with Crippen LogP contribution in [0.3, 0.4) is 0 Å². The standard InChI is InChI=1S/C19H25N3O4/c23-17(22-11-3-5-13-4-1-2-6-16(13)22)12-20-19(26)21-15-9-7-14(8-10-15)18(24)25/h1-2,4,6,14-15H,3,5,7-12H2,(H,24,25)(H2,20,21,26). The van der Waals surface area contributed by atoms with Crippen molar-refractivity contribution in [2.75, 3.05) is 18.0 Å². The summed E-state index contributed by atoms with van der Waals surface area (Å²) in [5.74, 6) is -1.20. The molecule has 0 unspecified atom stereocenters. The van der Waals surface area contributed by atoms with E-state index in [1.165, 1.54) is 0 Å². The van der Waals surface area contributed by atoms with Crippen LogP contribution in [-0.2, 0) is 16.0 Å². The quantitative estimate of drug-likeness (QED) is 0.765. The fourth-order valence-corrected chi connectivity index (χ4v) is 3.77. The number of nitrogens with one attached hydrogen (secondary N) is 2. The summed E-state index contributed by atoms with van der Waals surface area (Å²) in [7, 11) is 0. The van der Waals surface area contributed by atoms with Gasteiger partial charge in [0.25, 0.3) is 0 Å². The molecule has 3 rings (SSSR count). The van der Waals surface area contributed by atoms with E-state index in [1.54, 1.807) is 4.90 Å². The van der Waals surface area contributed by atoms with E-state index in [0.717, 1.165) is 24.1 Å². The summed E-state index contributed by atoms with van der Waals surface area (Å²) < 4.78 is 0. The number of nitrogens with zero attached hydrogens (tertiary/aromatic N) is 1. The zero-order chi connectivity index (χ0) is 18.5. The van der Waals surface area contributed by atoms with Crippen LogP contribution in [0.5, 0.6) is 0 Å². The maximum absolute atomic E-state index is 12.5. The van der Waals surface area contributed by atoms with Gasteiger partial charge in [0, 0.05) is 18.3 Å². The highest BCUT2D eigenvalue weighted by Gasteiger charge is 2.27. The Kier molecular flexibility index (Phi) is 5.75. The Balaban J connectivity index is 1.45. The van der Waals surface area contributed by atoms with Crippen LogP contribution in [0, 0.1) is 5.92 Å². The molecule has 1 fully saturated rings. The largest absolute Gasteiger partial charge is 0.481 e. The average molecular weight is 359 g/mol. The zero-order valence-corrected chi connectivity index (χ0v) is 14.7. The summed E-state index contributed by atoms with van der Waals surface area (Å²) in [5, 5.41) is 14.5. The Hall–Kier alpha value is -2.57. The number of aliphatic carboxylic acids is 1. The number of amides is 3. The first-order valence-electron chi connectivity index (χ1n) is 9.20. The molecule has 3 N–H and O–H groups in total. The topological polar surface area (TPSA) is 98.7 Å². The van der Waals surface area contributed by atoms with Crippen LogP contribution in [0.25, 0.3) is 0 Å². The number of carboxylic acid groups (broad SMARTS) is 1. The molecule has 1 aliphatic carbocycles. The van der Waals surface area contributed by atoms with Gasteiger partial charge >= 0.3 is 12.0 Å². The number of rotatable bonds is 4. The molecular weight excluding hydrogens is 334 g/mol. The minimum atomic E-state index is -0.764. The van der Waals surface area contributed by atoms with E-state index < -0.39 is 5.97 Å². The summed E-state index contributed by atoms with van der Waals surface area (Å²) in [5.41, 5.74) is 2.09. The minimum Gasteiger partial charge on any atom is -0.481 e. The summed E-state index contributed by atoms with van der Waals surface area (Å²) in [4.78, 5) is 37.2. The van der Waals surface area contributed by atoms with Gasteiger partial charge in [-0.15, -0.1) is 0 Å². The van der Waals surface area contributed by atoms with Gasteiger partial charge in [-0.1, -0.05) is 18.2 Å². The SMILES string of the molecule is O=C(NCC(=O)N1CCCc2ccccc21)NC1CCC(C(=O)O)CC1. The van der Waals surface area contributed by atoms with Gasteiger partial charge in [-0.3, -0.25) is 9.59 Å². The fraction of sp³-hybridized carbons (Fsp3) is 0.526. The molecule has 1 aromatic carbocycles. The molecular formula is C19H25N3O4. The van der Waals surface area contributed by atoms with Crippen LogP contribution in [0.1, 0.15) is 37.7 Å². The van der Waals surface area contributed by atoms with Crippen molar-refractivity contribution >= 4 is 23.6 Å². The van der Waals surface area contributed by atoms with Crippen molar-refractivity contribution in [2.24, 2.45) is 5.92 Å². The highest BCUT2D eigenvalue weighted by Crippen LogP contribution is 2.26. The summed E-state index contributed by atoms with van der Waals surface area (Å²) in [6.07, 6.45) is 4.33. The van der Waals surface area contributed by atoms with Crippen molar-refractivity contribution in [3.8, 4) is 0 Å². The molecule has 7 heteroatoms. The summed E-state index contributed by atoms with van der Waals surface area (Å²) >= 11 is 0. The van der Waals surface area contributed by atoms with Gasteiger partial charge in [0.1, 0.15) is 0 Å². The maximum atomic E-state index is 12.5. The third-order valence-corrected chi connectivity index (χ3v) is 5.22. The molecule has 2 aliphatic rings. The number of benzene rings is 1. The van der Waals surface area contributed by atoms with Gasteiger partial charge < -0.3 is 20.6 Å². The van der Waals surface area contributed by atoms with Crippen molar-refractivity contribution in [1.82, 2.24) is 10.6 Å². The molecule has 1 heterocycles. The van der Waals surface area contributed by atoms with Crippen molar-refractivity contribution in [2.45, 2.75) is 44.6 Å². The van der Waals surface area contributed by atoms with Crippen LogP contribution >= 0.6 is 0 Å². The van der Waals surface area contributed by atoms with E-state index in [0.29, 0.717) is 32.2 Å². The Morgan fingerprint density at radius 2 is 1.85 bits per heavy atom. The summed E-state index contributed by atoms with van der Waals surface area (Å²) in [6.45, 7) is 0.614. The smallest absolute Gasteiger partial charge is 0.315 e. The Bertz CT molecular complexity index is 683. The Labute approximate surface area is 152 Å². The molecule has 0 spiro atoms. The van der Waals surface area contributed by atoms with Crippen LogP contribution < -0.4 is 15.5 Å². The van der Waals surface area contributed by atoms with Gasteiger partial charge in [0.05, 0.1) is 12.5 Å². The second-order valence-electron chi connectivity index (χ2n) is 6.99. The van der Waals surface area contributed by atoms with Crippen LogP contribution in [-0.4, -0.2) is 42.1 Å². The molecule has 0 aromatic heterocycles. The fourth-order valence-electron chi connectivity index (χ4n) is 3.77. The lowest BCUT2D eigenvalue weighted by atomic mass is 9.86. The van der Waals surface area contributed by atoms with Crippen LogP contribution in [0.4, 0.5) is 10.5 Å². The number of anilines is 1. The lowest BCUT2D eigenvalue weighted by Crippen LogP contribution is -2.48. The number of carboxylic acids is 1. The second kappa shape index (κ2) is 8.21. The molecule has 0 bridgehead atoms. The van der Waals surface area contributed by atoms with Crippen molar-refractivity contribution in [1.29, 1.82) is 0 Å². The normalized spacial score (nSPS) is 22.2. The first-order valence-corrected chi connectivity index (χ1v) is 9.20. The predicted molar refractivity (Wildman–Crippen MR) is 97.0 cm³/mol. The molecule has 26 heavy (non-hydrogen) atoms. The van der Waals surface area contributed by atoms with E-state index in [2.05, 4.69) is 10.6 Å². The third kappa shape index (κ3) is 4.33. The number of aryl methyl sites for hydroxylation is 1. The van der Waals surface area contributed by atoms with Crippen molar-refractivity contribution in [3.63, 3.8) is 0 Å². The maximum Gasteiger partial charge on any atom is 0.315 e. The molecule has 0 atom stereocenters. The number of carbonyl (C=O) groups is 3. The van der Waals surface area contributed by atoms with E-state index >= 15 is 0 Å². The van der Waals surface area contributed by atoms with E-state index in [4.69, 9.17) is 5.11 Å². The molecule has 1 aliphatic heterocycles. The van der Waals surface area contributed by atoms with Crippen molar-refractivity contribution in [3.05, 3.63) is 29.8 Å². The molecule has 1 saturated carbocycles. The van der Waals surface area contributed by atoms with Gasteiger partial charge in [-0.25, -0.2) is 4.79 Å². The molecule has 7 nitrogen and oxygen atoms in total. The van der Waals surface area contributed by atoms with Crippen LogP contribution in [0.15, 0.2) is 24.3 Å². The highest BCUT2D eigenvalue weighted by molar-refractivity contribution is 5.97. The van der Waals surface area contributed by atoms with Gasteiger partial charge in [0.2, 0.25) is 5.91 Å². The number of carbonyl (C=O) groups excluding carboxylic acids is 2. The number of hydrogen-bond donors (Lipinski definition) is 3. The van der Waals surface area contributed by atoms with E-state index in [-0.39, 0.29) is 30.4 Å². The van der Waals surface area contributed by atoms with Crippen LogP contribution in [0.2, 0.25) is 0 Å². The van der Waals surface area contributed by atoms with Gasteiger partial charge in [-0.2, -0.15) is 0 Å². The molecule has 0 saturated heterocycles. The lowest BCUT2D eigenvalue weighted by Gasteiger charge is -2.30. The van der Waals surface area contributed by atoms with Crippen molar-refractivity contribution < 1.29 is 19.5 Å². The molecule has 140 valence electrons. The predicted octanol–water partition coefficient (Wildman–Crippen LogP) is 1.91. The monoisotopic (exact) mass is 359 g/mol. The second-order valence-corrected chi connectivity index (χ2v) is 6.99. The number of hydrogen-bond acceptors (Lipinski definition) is 3. The Morgan fingerprint density at radius 3 is 2.58 bits per heavy atom. The van der Waals surface area contributed by atoms with E-state index in [1.807, 2.05) is 24.3 Å². The van der Waals surface area contributed by atoms with Gasteiger partial charge in [-0.05, 0) is 50.2 Å². The third-order valence-electron chi connectivity index (χ3n) is 5.22. The van der Waals surface area contributed by atoms with E-state index in [9.17, 15) is 14.4 Å². The Morgan fingerprint density at radius 1 is 1.12 bits per heavy atom. The first kappa shape index (κ1) is 18.2. The minimum absolute atomic E-state index is 0.0311. The number of fused-ring (bicyclic) bond motifs is 1. The molecule has 0 radical (unpaired) electrons. The number of urea groups is 1. The summed E-state index contributed by atoms with van der Waals surface area (Å²) in [6, 6.07) is 7.45. The lowest BCUT2D eigenvalue weighted by molar-refractivity contribution is -0.142. The number of para-hydroxylation sites is 1. The zero-order valence-electron chi connectivity index (χ0n) is 14.7. The average Bonchev–Trinajstić information content (AvgIpc) is 2.66.